The van der Waals surface area contributed by atoms with Crippen LogP contribution >= 0.6 is 0 Å². The summed E-state index contributed by atoms with van der Waals surface area (Å²) >= 11 is 0. The third kappa shape index (κ3) is 2.54. The Morgan fingerprint density at radius 3 is 2.67 bits per heavy atom. The van der Waals surface area contributed by atoms with Crippen LogP contribution in [0, 0.1) is 5.92 Å². The number of hydrogen-bond acceptors (Lipinski definition) is 3. The summed E-state index contributed by atoms with van der Waals surface area (Å²) in [5.41, 5.74) is 2.06. The molecule has 18 heavy (non-hydrogen) atoms. The Labute approximate surface area is 108 Å². The molecule has 1 aromatic heterocycles. The van der Waals surface area contributed by atoms with Gasteiger partial charge in [-0.1, -0.05) is 26.0 Å². The van der Waals surface area contributed by atoms with Gasteiger partial charge in [0, 0.05) is 6.54 Å². The number of aliphatic hydroxyl groups is 1. The van der Waals surface area contributed by atoms with Gasteiger partial charge in [0.15, 0.2) is 0 Å². The van der Waals surface area contributed by atoms with Crippen molar-refractivity contribution in [2.75, 3.05) is 20.2 Å². The van der Waals surface area contributed by atoms with Crippen LogP contribution in [0.25, 0.3) is 11.0 Å². The van der Waals surface area contributed by atoms with E-state index in [2.05, 4.69) is 28.7 Å². The predicted octanol–water partition coefficient (Wildman–Crippen LogP) is 2.18. The average Bonchev–Trinajstić information content (AvgIpc) is 2.71. The molecule has 0 saturated carbocycles. The molecule has 98 valence electrons. The summed E-state index contributed by atoms with van der Waals surface area (Å²) in [6, 6.07) is 8.25. The highest BCUT2D eigenvalue weighted by atomic mass is 16.3. The second-order valence-electron chi connectivity index (χ2n) is 5.03. The van der Waals surface area contributed by atoms with Crippen LogP contribution in [0.1, 0.15) is 25.7 Å². The highest BCUT2D eigenvalue weighted by Crippen LogP contribution is 2.26. The summed E-state index contributed by atoms with van der Waals surface area (Å²) in [6.07, 6.45) is 0. The van der Waals surface area contributed by atoms with E-state index in [1.165, 1.54) is 0 Å². The number of benzene rings is 1. The van der Waals surface area contributed by atoms with Crippen LogP contribution in [-0.2, 0) is 0 Å². The summed E-state index contributed by atoms with van der Waals surface area (Å²) in [7, 11) is 2.02. The quantitative estimate of drug-likeness (QED) is 0.851. The van der Waals surface area contributed by atoms with Crippen molar-refractivity contribution in [1.29, 1.82) is 0 Å². The van der Waals surface area contributed by atoms with Gasteiger partial charge in [0.2, 0.25) is 0 Å². The first-order chi connectivity index (χ1) is 8.63. The maximum absolute atomic E-state index is 9.08. The number of imidazole rings is 1. The lowest BCUT2D eigenvalue weighted by Crippen LogP contribution is -2.31. The minimum atomic E-state index is 0.167. The molecule has 0 aliphatic heterocycles. The van der Waals surface area contributed by atoms with Gasteiger partial charge in [0.1, 0.15) is 5.82 Å². The van der Waals surface area contributed by atoms with Crippen molar-refractivity contribution in [3.05, 3.63) is 30.1 Å². The van der Waals surface area contributed by atoms with Crippen molar-refractivity contribution < 1.29 is 5.11 Å². The molecule has 0 radical (unpaired) electrons. The number of likely N-dealkylation sites (N-methyl/N-ethyl adjacent to an activating group) is 1. The van der Waals surface area contributed by atoms with Crippen LogP contribution < -0.4 is 0 Å². The van der Waals surface area contributed by atoms with Crippen LogP contribution in [-0.4, -0.2) is 40.2 Å². The molecule has 4 heteroatoms. The molecule has 0 aliphatic carbocycles. The molecule has 0 aliphatic rings. The molecule has 2 aromatic rings. The van der Waals surface area contributed by atoms with Gasteiger partial charge in [0.05, 0.1) is 23.7 Å². The molecule has 0 fully saturated rings. The van der Waals surface area contributed by atoms with E-state index < -0.39 is 0 Å². The van der Waals surface area contributed by atoms with Crippen LogP contribution in [0.4, 0.5) is 0 Å². The van der Waals surface area contributed by atoms with Gasteiger partial charge in [-0.2, -0.15) is 0 Å². The molecule has 4 nitrogen and oxygen atoms in total. The number of nitrogens with zero attached hydrogens (tertiary/aromatic N) is 2. The second-order valence-corrected chi connectivity index (χ2v) is 5.03. The predicted molar refractivity (Wildman–Crippen MR) is 73.4 cm³/mol. The first kappa shape index (κ1) is 13.1. The lowest BCUT2D eigenvalue weighted by molar-refractivity contribution is 0.146. The number of hydrogen-bond donors (Lipinski definition) is 2. The highest BCUT2D eigenvalue weighted by Gasteiger charge is 2.23. The van der Waals surface area contributed by atoms with Crippen LogP contribution in [0.3, 0.4) is 0 Å². The van der Waals surface area contributed by atoms with Gasteiger partial charge in [-0.15, -0.1) is 0 Å². The number of nitrogens with one attached hydrogen (secondary N) is 1. The minimum absolute atomic E-state index is 0.167. The molecular weight excluding hydrogens is 226 g/mol. The second kappa shape index (κ2) is 5.50. The Morgan fingerprint density at radius 2 is 2.06 bits per heavy atom. The fourth-order valence-electron chi connectivity index (χ4n) is 2.44. The fourth-order valence-corrected chi connectivity index (χ4v) is 2.44. The summed E-state index contributed by atoms with van der Waals surface area (Å²) in [5, 5.41) is 9.08. The maximum atomic E-state index is 9.08. The smallest absolute Gasteiger partial charge is 0.124 e. The van der Waals surface area contributed by atoms with Gasteiger partial charge in [-0.3, -0.25) is 4.90 Å². The highest BCUT2D eigenvalue weighted by molar-refractivity contribution is 5.74. The summed E-state index contributed by atoms with van der Waals surface area (Å²) < 4.78 is 0. The molecule has 0 saturated heterocycles. The SMILES string of the molecule is CC(C)C(c1nc2ccccc2[nH]1)N(C)CCO. The topological polar surface area (TPSA) is 52.2 Å². The Morgan fingerprint density at radius 1 is 1.33 bits per heavy atom. The molecule has 0 spiro atoms. The van der Waals surface area contributed by atoms with Crippen LogP contribution in [0.2, 0.25) is 0 Å². The largest absolute Gasteiger partial charge is 0.395 e. The number of aromatic nitrogens is 2. The zero-order valence-electron chi connectivity index (χ0n) is 11.2. The van der Waals surface area contributed by atoms with Crippen LogP contribution in [0.15, 0.2) is 24.3 Å². The van der Waals surface area contributed by atoms with E-state index in [4.69, 9.17) is 5.11 Å². The van der Waals surface area contributed by atoms with Gasteiger partial charge in [-0.25, -0.2) is 4.98 Å². The Bertz CT molecular complexity index is 473. The molecule has 2 N–H and O–H groups in total. The number of para-hydroxylation sites is 2. The summed E-state index contributed by atoms with van der Waals surface area (Å²) in [6.45, 7) is 5.16. The standard InChI is InChI=1S/C14H21N3O/c1-10(2)13(17(3)8-9-18)14-15-11-6-4-5-7-12(11)16-14/h4-7,10,13,18H,8-9H2,1-3H3,(H,15,16). The van der Waals surface area contributed by atoms with E-state index in [9.17, 15) is 0 Å². The van der Waals surface area contributed by atoms with E-state index in [1.54, 1.807) is 0 Å². The van der Waals surface area contributed by atoms with E-state index in [0.717, 1.165) is 16.9 Å². The van der Waals surface area contributed by atoms with E-state index in [1.807, 2.05) is 31.3 Å². The fraction of sp³-hybridized carbons (Fsp3) is 0.500. The Hall–Kier alpha value is -1.39. The monoisotopic (exact) mass is 247 g/mol. The molecule has 1 aromatic carbocycles. The Kier molecular flexibility index (Phi) is 3.99. The van der Waals surface area contributed by atoms with E-state index >= 15 is 0 Å². The average molecular weight is 247 g/mol. The summed E-state index contributed by atoms with van der Waals surface area (Å²) in [4.78, 5) is 10.2. The van der Waals surface area contributed by atoms with Crippen molar-refractivity contribution in [1.82, 2.24) is 14.9 Å². The molecule has 2 rings (SSSR count). The lowest BCUT2D eigenvalue weighted by atomic mass is 10.0. The lowest BCUT2D eigenvalue weighted by Gasteiger charge is -2.28. The Balaban J connectivity index is 2.35. The number of aromatic amines is 1. The zero-order valence-corrected chi connectivity index (χ0v) is 11.2. The van der Waals surface area contributed by atoms with Gasteiger partial charge >= 0.3 is 0 Å². The number of aliphatic hydroxyl groups excluding tert-OH is 1. The zero-order chi connectivity index (χ0) is 13.1. The van der Waals surface area contributed by atoms with Crippen LogP contribution in [0.5, 0.6) is 0 Å². The first-order valence-corrected chi connectivity index (χ1v) is 6.39. The molecule has 0 bridgehead atoms. The molecule has 1 atom stereocenters. The van der Waals surface area contributed by atoms with E-state index in [0.29, 0.717) is 12.5 Å². The molecule has 1 heterocycles. The van der Waals surface area contributed by atoms with Crippen molar-refractivity contribution >= 4 is 11.0 Å². The normalized spacial score (nSPS) is 13.7. The van der Waals surface area contributed by atoms with Gasteiger partial charge in [-0.05, 0) is 25.1 Å². The first-order valence-electron chi connectivity index (χ1n) is 6.39. The van der Waals surface area contributed by atoms with Crippen molar-refractivity contribution in [2.24, 2.45) is 5.92 Å². The summed E-state index contributed by atoms with van der Waals surface area (Å²) in [5.74, 6) is 1.41. The number of H-pyrrole nitrogens is 1. The van der Waals surface area contributed by atoms with Gasteiger partial charge < -0.3 is 10.1 Å². The third-order valence-electron chi connectivity index (χ3n) is 3.25. The van der Waals surface area contributed by atoms with E-state index in [-0.39, 0.29) is 12.6 Å². The maximum Gasteiger partial charge on any atom is 0.124 e. The minimum Gasteiger partial charge on any atom is -0.395 e. The van der Waals surface area contributed by atoms with Crippen molar-refractivity contribution in [3.63, 3.8) is 0 Å². The van der Waals surface area contributed by atoms with Crippen molar-refractivity contribution in [3.8, 4) is 0 Å². The third-order valence-corrected chi connectivity index (χ3v) is 3.25. The van der Waals surface area contributed by atoms with Gasteiger partial charge in [0.25, 0.3) is 0 Å². The molecule has 1 unspecified atom stereocenters. The molecular formula is C14H21N3O. The van der Waals surface area contributed by atoms with Crippen molar-refractivity contribution in [2.45, 2.75) is 19.9 Å². The number of rotatable bonds is 5. The molecule has 0 amide bonds. The number of fused-ring (bicyclic) bond motifs is 1.